The molecule has 0 radical (unpaired) electrons. The maximum absolute atomic E-state index is 12.6. The molecule has 1 aromatic carbocycles. The molecule has 0 saturated heterocycles. The molecule has 0 spiro atoms. The summed E-state index contributed by atoms with van der Waals surface area (Å²) in [4.78, 5) is 0. The SMILES string of the molecule is N/N=C/c1cc(Cl)c(F)cc1O. The van der Waals surface area contributed by atoms with E-state index in [-0.39, 0.29) is 16.3 Å². The van der Waals surface area contributed by atoms with Crippen LogP contribution in [0.2, 0.25) is 5.02 Å². The Hall–Kier alpha value is -1.29. The van der Waals surface area contributed by atoms with E-state index in [4.69, 9.17) is 22.6 Å². The third kappa shape index (κ3) is 1.65. The molecule has 3 nitrogen and oxygen atoms in total. The lowest BCUT2D eigenvalue weighted by molar-refractivity contribution is 0.468. The van der Waals surface area contributed by atoms with Crippen LogP contribution in [0.1, 0.15) is 5.56 Å². The van der Waals surface area contributed by atoms with E-state index in [0.717, 1.165) is 6.07 Å². The second-order valence-corrected chi connectivity index (χ2v) is 2.51. The number of rotatable bonds is 1. The van der Waals surface area contributed by atoms with Gasteiger partial charge in [-0.05, 0) is 6.07 Å². The first-order chi connectivity index (χ1) is 5.65. The first-order valence-corrected chi connectivity index (χ1v) is 3.44. The van der Waals surface area contributed by atoms with Crippen LogP contribution in [0.5, 0.6) is 5.75 Å². The number of aromatic hydroxyl groups is 1. The van der Waals surface area contributed by atoms with Gasteiger partial charge in [0, 0.05) is 11.6 Å². The Kier molecular flexibility index (Phi) is 2.50. The second-order valence-electron chi connectivity index (χ2n) is 2.10. The highest BCUT2D eigenvalue weighted by Crippen LogP contribution is 2.23. The quantitative estimate of drug-likeness (QED) is 0.398. The maximum Gasteiger partial charge on any atom is 0.145 e. The van der Waals surface area contributed by atoms with Crippen LogP contribution in [-0.4, -0.2) is 11.3 Å². The number of halogens is 2. The highest BCUT2D eigenvalue weighted by molar-refractivity contribution is 6.31. The molecule has 0 saturated carbocycles. The van der Waals surface area contributed by atoms with Crippen molar-refractivity contribution in [1.29, 1.82) is 0 Å². The van der Waals surface area contributed by atoms with E-state index in [1.807, 2.05) is 0 Å². The van der Waals surface area contributed by atoms with Crippen LogP contribution in [0.3, 0.4) is 0 Å². The minimum atomic E-state index is -0.677. The molecule has 0 unspecified atom stereocenters. The average Bonchev–Trinajstić information content (AvgIpc) is 2.01. The molecule has 0 bridgehead atoms. The van der Waals surface area contributed by atoms with E-state index in [1.54, 1.807) is 0 Å². The van der Waals surface area contributed by atoms with Gasteiger partial charge in [-0.3, -0.25) is 0 Å². The van der Waals surface area contributed by atoms with Gasteiger partial charge in [0.2, 0.25) is 0 Å². The van der Waals surface area contributed by atoms with Gasteiger partial charge in [0.25, 0.3) is 0 Å². The molecule has 3 N–H and O–H groups in total. The summed E-state index contributed by atoms with van der Waals surface area (Å²) >= 11 is 5.43. The van der Waals surface area contributed by atoms with Gasteiger partial charge >= 0.3 is 0 Å². The predicted molar refractivity (Wildman–Crippen MR) is 44.9 cm³/mol. The van der Waals surface area contributed by atoms with Crippen LogP contribution in [0.25, 0.3) is 0 Å². The van der Waals surface area contributed by atoms with Crippen molar-refractivity contribution in [3.05, 3.63) is 28.5 Å². The Bertz CT molecular complexity index is 327. The first kappa shape index (κ1) is 8.80. The van der Waals surface area contributed by atoms with Gasteiger partial charge in [-0.25, -0.2) is 4.39 Å². The minimum absolute atomic E-state index is 0.0808. The normalized spacial score (nSPS) is 10.8. The summed E-state index contributed by atoms with van der Waals surface area (Å²) in [6.45, 7) is 0. The summed E-state index contributed by atoms with van der Waals surface area (Å²) in [7, 11) is 0. The third-order valence-corrected chi connectivity index (χ3v) is 1.57. The summed E-state index contributed by atoms with van der Waals surface area (Å²) in [5.41, 5.74) is 0.281. The van der Waals surface area contributed by atoms with Gasteiger partial charge in [-0.2, -0.15) is 5.10 Å². The Morgan fingerprint density at radius 2 is 2.25 bits per heavy atom. The van der Waals surface area contributed by atoms with E-state index >= 15 is 0 Å². The smallest absolute Gasteiger partial charge is 0.145 e. The number of phenolic OH excluding ortho intramolecular Hbond substituents is 1. The van der Waals surface area contributed by atoms with Gasteiger partial charge < -0.3 is 10.9 Å². The number of hydrogen-bond donors (Lipinski definition) is 2. The molecule has 0 aromatic heterocycles. The number of nitrogens with zero attached hydrogens (tertiary/aromatic N) is 1. The van der Waals surface area contributed by atoms with Gasteiger partial charge in [-0.1, -0.05) is 11.6 Å². The van der Waals surface area contributed by atoms with Gasteiger partial charge in [-0.15, -0.1) is 0 Å². The van der Waals surface area contributed by atoms with Gasteiger partial charge in [0.1, 0.15) is 11.6 Å². The maximum atomic E-state index is 12.6. The van der Waals surface area contributed by atoms with E-state index < -0.39 is 5.82 Å². The van der Waals surface area contributed by atoms with Crippen molar-refractivity contribution in [2.75, 3.05) is 0 Å². The molecule has 64 valence electrons. The number of phenols is 1. The fourth-order valence-corrected chi connectivity index (χ4v) is 0.908. The highest BCUT2D eigenvalue weighted by atomic mass is 35.5. The van der Waals surface area contributed by atoms with E-state index in [1.165, 1.54) is 12.3 Å². The zero-order valence-corrected chi connectivity index (χ0v) is 6.72. The average molecular weight is 189 g/mol. The number of hydrazone groups is 1. The Labute approximate surface area is 73.3 Å². The van der Waals surface area contributed by atoms with Crippen molar-refractivity contribution < 1.29 is 9.50 Å². The zero-order chi connectivity index (χ0) is 9.14. The summed E-state index contributed by atoms with van der Waals surface area (Å²) < 4.78 is 12.6. The zero-order valence-electron chi connectivity index (χ0n) is 5.96. The molecular weight excluding hydrogens is 183 g/mol. The first-order valence-electron chi connectivity index (χ1n) is 3.06. The predicted octanol–water partition coefficient (Wildman–Crippen LogP) is 1.48. The summed E-state index contributed by atoms with van der Waals surface area (Å²) in [6, 6.07) is 2.14. The fraction of sp³-hybridized carbons (Fsp3) is 0. The van der Waals surface area contributed by atoms with E-state index in [0.29, 0.717) is 0 Å². The summed E-state index contributed by atoms with van der Waals surface area (Å²) in [5, 5.41) is 12.2. The topological polar surface area (TPSA) is 58.6 Å². The molecule has 12 heavy (non-hydrogen) atoms. The molecule has 5 heteroatoms. The number of benzene rings is 1. The highest BCUT2D eigenvalue weighted by Gasteiger charge is 2.05. The van der Waals surface area contributed by atoms with Crippen molar-refractivity contribution in [1.82, 2.24) is 0 Å². The second kappa shape index (κ2) is 3.40. The number of nitrogens with two attached hydrogens (primary N) is 1. The lowest BCUT2D eigenvalue weighted by Gasteiger charge is -1.99. The lowest BCUT2D eigenvalue weighted by atomic mass is 10.2. The molecule has 0 aliphatic rings. The van der Waals surface area contributed by atoms with E-state index in [2.05, 4.69) is 5.10 Å². The molecule has 1 rings (SSSR count). The van der Waals surface area contributed by atoms with Crippen LogP contribution in [0.15, 0.2) is 17.2 Å². The van der Waals surface area contributed by atoms with Gasteiger partial charge in [0.05, 0.1) is 11.2 Å². The van der Waals surface area contributed by atoms with Crippen LogP contribution < -0.4 is 5.84 Å². The lowest BCUT2D eigenvalue weighted by Crippen LogP contribution is -1.89. The third-order valence-electron chi connectivity index (χ3n) is 1.28. The van der Waals surface area contributed by atoms with Crippen molar-refractivity contribution in [2.24, 2.45) is 10.9 Å². The van der Waals surface area contributed by atoms with Crippen LogP contribution in [-0.2, 0) is 0 Å². The molecule has 0 amide bonds. The largest absolute Gasteiger partial charge is 0.507 e. The Morgan fingerprint density at radius 3 is 2.83 bits per heavy atom. The van der Waals surface area contributed by atoms with Crippen LogP contribution in [0, 0.1) is 5.82 Å². The molecule has 0 fully saturated rings. The standard InChI is InChI=1S/C7H6ClFN2O/c8-5-1-4(3-11-10)7(12)2-6(5)9/h1-3,12H,10H2/b11-3+. The van der Waals surface area contributed by atoms with Crippen LogP contribution >= 0.6 is 11.6 Å². The minimum Gasteiger partial charge on any atom is -0.507 e. The summed E-state index contributed by atoms with van der Waals surface area (Å²) in [5.74, 6) is 3.92. The fourth-order valence-electron chi connectivity index (χ4n) is 0.735. The molecule has 0 atom stereocenters. The van der Waals surface area contributed by atoms with Crippen molar-refractivity contribution in [2.45, 2.75) is 0 Å². The Balaban J connectivity index is 3.23. The molecular formula is C7H6ClFN2O. The van der Waals surface area contributed by atoms with E-state index in [9.17, 15) is 4.39 Å². The molecule has 0 aliphatic heterocycles. The van der Waals surface area contributed by atoms with Crippen LogP contribution in [0.4, 0.5) is 4.39 Å². The van der Waals surface area contributed by atoms with Gasteiger partial charge in [0.15, 0.2) is 0 Å². The molecule has 0 aliphatic carbocycles. The molecule has 1 aromatic rings. The van der Waals surface area contributed by atoms with Crippen molar-refractivity contribution >= 4 is 17.8 Å². The summed E-state index contributed by atoms with van der Waals surface area (Å²) in [6.07, 6.45) is 1.18. The monoisotopic (exact) mass is 188 g/mol. The Morgan fingerprint density at radius 1 is 1.58 bits per heavy atom. The number of hydrogen-bond acceptors (Lipinski definition) is 3. The molecule has 0 heterocycles. The van der Waals surface area contributed by atoms with Crippen molar-refractivity contribution in [3.8, 4) is 5.75 Å². The van der Waals surface area contributed by atoms with Crippen molar-refractivity contribution in [3.63, 3.8) is 0 Å².